The van der Waals surface area contributed by atoms with Gasteiger partial charge in [-0.15, -0.1) is 0 Å². The molecule has 1 N–H and O–H groups in total. The van der Waals surface area contributed by atoms with Gasteiger partial charge in [0.15, 0.2) is 18.1 Å². The second kappa shape index (κ2) is 9.22. The van der Waals surface area contributed by atoms with E-state index in [-0.39, 0.29) is 24.8 Å². The topological polar surface area (TPSA) is 114 Å². The fourth-order valence-corrected chi connectivity index (χ4v) is 8.02. The lowest BCUT2D eigenvalue weighted by molar-refractivity contribution is -0.240. The molecule has 0 amide bonds. The molecule has 39 heavy (non-hydrogen) atoms. The van der Waals surface area contributed by atoms with Gasteiger partial charge < -0.3 is 14.6 Å². The summed E-state index contributed by atoms with van der Waals surface area (Å²) in [6.07, 6.45) is 0.0294. The summed E-state index contributed by atoms with van der Waals surface area (Å²) in [6.45, 7) is 11.6. The Morgan fingerprint density at radius 2 is 1.90 bits per heavy atom. The van der Waals surface area contributed by atoms with E-state index in [1.54, 1.807) is 26.8 Å². The standard InChI is InChI=1S/C30H39F2NO6/c1-16-12-19-20-14-22(31)21-13-18(34)8-9-27(21,6)29(20,32)23(35)15-28(19,7)30(16,25(37)38-11-10-33)39-24(36)17(2)26(3,4)5/h8-9,13,16-17,19-20,22-23,35H,11-12,14-15H2,1-7H3/t16-,17+,19+,20+,22+,23+,27+,28+,29+,30+/m1/s1. The van der Waals surface area contributed by atoms with Gasteiger partial charge in [-0.1, -0.05) is 47.6 Å². The van der Waals surface area contributed by atoms with Crippen molar-refractivity contribution in [2.45, 2.75) is 91.3 Å². The summed E-state index contributed by atoms with van der Waals surface area (Å²) >= 11 is 0. The maximum atomic E-state index is 17.5. The monoisotopic (exact) mass is 547 g/mol. The maximum Gasteiger partial charge on any atom is 0.352 e. The number of alkyl halides is 2. The molecule has 0 aromatic heterocycles. The van der Waals surface area contributed by atoms with Crippen LogP contribution in [0.5, 0.6) is 0 Å². The van der Waals surface area contributed by atoms with E-state index in [9.17, 15) is 19.5 Å². The van der Waals surface area contributed by atoms with Gasteiger partial charge in [-0.25, -0.2) is 13.6 Å². The number of halogens is 2. The van der Waals surface area contributed by atoms with Crippen LogP contribution in [0.2, 0.25) is 0 Å². The second-order valence-electron chi connectivity index (χ2n) is 13.5. The first-order valence-electron chi connectivity index (χ1n) is 13.6. The molecule has 4 aliphatic rings. The van der Waals surface area contributed by atoms with Crippen molar-refractivity contribution in [1.29, 1.82) is 5.26 Å². The number of carbonyl (C=O) groups is 3. The van der Waals surface area contributed by atoms with Crippen LogP contribution < -0.4 is 0 Å². The average molecular weight is 548 g/mol. The predicted octanol–water partition coefficient (Wildman–Crippen LogP) is 4.58. The number of esters is 2. The Labute approximate surface area is 228 Å². The van der Waals surface area contributed by atoms with E-state index in [2.05, 4.69) is 0 Å². The third-order valence-corrected chi connectivity index (χ3v) is 10.7. The van der Waals surface area contributed by atoms with Gasteiger partial charge in [-0.2, -0.15) is 5.26 Å². The van der Waals surface area contributed by atoms with Crippen molar-refractivity contribution < 1.29 is 37.7 Å². The van der Waals surface area contributed by atoms with Gasteiger partial charge in [-0.3, -0.25) is 9.59 Å². The van der Waals surface area contributed by atoms with Crippen molar-refractivity contribution in [3.63, 3.8) is 0 Å². The molecule has 0 saturated heterocycles. The van der Waals surface area contributed by atoms with Crippen LogP contribution in [0.25, 0.3) is 0 Å². The molecule has 0 spiro atoms. The summed E-state index contributed by atoms with van der Waals surface area (Å²) in [7, 11) is 0. The molecular formula is C30H39F2NO6. The van der Waals surface area contributed by atoms with Crippen molar-refractivity contribution in [3.05, 3.63) is 23.8 Å². The smallest absolute Gasteiger partial charge is 0.352 e. The lowest BCUT2D eigenvalue weighted by atomic mass is 9.44. The van der Waals surface area contributed by atoms with Crippen molar-refractivity contribution >= 4 is 17.7 Å². The minimum absolute atomic E-state index is 0.00701. The molecule has 9 heteroatoms. The number of nitriles is 1. The molecule has 0 aromatic carbocycles. The van der Waals surface area contributed by atoms with Crippen LogP contribution in [0.4, 0.5) is 8.78 Å². The van der Waals surface area contributed by atoms with E-state index in [0.29, 0.717) is 0 Å². The molecule has 214 valence electrons. The molecule has 0 bridgehead atoms. The molecule has 0 radical (unpaired) electrons. The highest BCUT2D eigenvalue weighted by Crippen LogP contribution is 2.71. The number of aliphatic hydroxyl groups excluding tert-OH is 1. The van der Waals surface area contributed by atoms with Gasteiger partial charge in [0.05, 0.1) is 12.0 Å². The summed E-state index contributed by atoms with van der Waals surface area (Å²) in [6, 6.07) is 1.76. The first-order valence-corrected chi connectivity index (χ1v) is 13.6. The van der Waals surface area contributed by atoms with Crippen molar-refractivity contribution in [2.75, 3.05) is 6.61 Å². The molecule has 0 unspecified atom stereocenters. The summed E-state index contributed by atoms with van der Waals surface area (Å²) < 4.78 is 44.6. The van der Waals surface area contributed by atoms with Crippen LogP contribution in [0.3, 0.4) is 0 Å². The molecule has 3 saturated carbocycles. The summed E-state index contributed by atoms with van der Waals surface area (Å²) in [4.78, 5) is 39.4. The number of aliphatic hydroxyl groups is 1. The number of hydrogen-bond donors (Lipinski definition) is 1. The molecule has 0 heterocycles. The number of allylic oxidation sites excluding steroid dienone is 4. The van der Waals surface area contributed by atoms with Crippen molar-refractivity contribution in [1.82, 2.24) is 0 Å². The molecule has 3 fully saturated rings. The minimum atomic E-state index is -2.34. The molecule has 4 aliphatic carbocycles. The fourth-order valence-electron chi connectivity index (χ4n) is 8.02. The van der Waals surface area contributed by atoms with Gasteiger partial charge in [-0.05, 0) is 55.2 Å². The Morgan fingerprint density at radius 1 is 1.26 bits per heavy atom. The Hall–Kier alpha value is -2.60. The number of ketones is 1. The van der Waals surface area contributed by atoms with Crippen LogP contribution in [-0.4, -0.2) is 53.0 Å². The van der Waals surface area contributed by atoms with Gasteiger partial charge in [0.25, 0.3) is 0 Å². The number of fused-ring (bicyclic) bond motifs is 5. The normalized spacial score (nSPS) is 43.8. The van der Waals surface area contributed by atoms with Gasteiger partial charge >= 0.3 is 11.9 Å². The third-order valence-electron chi connectivity index (χ3n) is 10.7. The Bertz CT molecular complexity index is 1180. The number of hydrogen-bond acceptors (Lipinski definition) is 7. The zero-order valence-electron chi connectivity index (χ0n) is 23.7. The van der Waals surface area contributed by atoms with Crippen LogP contribution >= 0.6 is 0 Å². The quantitative estimate of drug-likeness (QED) is 0.513. The highest BCUT2D eigenvalue weighted by Gasteiger charge is 2.79. The van der Waals surface area contributed by atoms with Crippen LogP contribution in [-0.2, 0) is 23.9 Å². The second-order valence-corrected chi connectivity index (χ2v) is 13.5. The first kappa shape index (κ1) is 29.4. The Kier molecular flexibility index (Phi) is 6.95. The van der Waals surface area contributed by atoms with Gasteiger partial charge in [0.2, 0.25) is 5.60 Å². The van der Waals surface area contributed by atoms with E-state index in [0.717, 1.165) is 6.08 Å². The molecular weight excluding hydrogens is 508 g/mol. The number of nitrogens with zero attached hydrogens (tertiary/aromatic N) is 1. The Balaban J connectivity index is 1.86. The molecule has 0 aliphatic heterocycles. The minimum Gasteiger partial charge on any atom is -0.447 e. The highest BCUT2D eigenvalue weighted by molar-refractivity contribution is 6.01. The molecule has 7 nitrogen and oxygen atoms in total. The summed E-state index contributed by atoms with van der Waals surface area (Å²) in [5.41, 5.74) is -7.64. The molecule has 0 aromatic rings. The fraction of sp³-hybridized carbons (Fsp3) is 0.733. The van der Waals surface area contributed by atoms with Crippen LogP contribution in [0, 0.1) is 51.2 Å². The number of carbonyl (C=O) groups excluding carboxylic acids is 3. The van der Waals surface area contributed by atoms with Gasteiger partial charge in [0, 0.05) is 22.7 Å². The first-order chi connectivity index (χ1) is 17.9. The summed E-state index contributed by atoms with van der Waals surface area (Å²) in [5.74, 6) is -5.01. The van der Waals surface area contributed by atoms with Crippen molar-refractivity contribution in [2.24, 2.45) is 39.9 Å². The zero-order chi connectivity index (χ0) is 29.3. The third kappa shape index (κ3) is 3.84. The maximum absolute atomic E-state index is 17.5. The van der Waals surface area contributed by atoms with E-state index >= 15 is 8.78 Å². The lowest BCUT2D eigenvalue weighted by Crippen LogP contribution is -2.71. The van der Waals surface area contributed by atoms with E-state index in [1.807, 2.05) is 20.8 Å². The van der Waals surface area contributed by atoms with Gasteiger partial charge in [0.1, 0.15) is 12.2 Å². The molecule has 10 atom stereocenters. The molecule has 4 rings (SSSR count). The zero-order valence-corrected chi connectivity index (χ0v) is 23.7. The highest BCUT2D eigenvalue weighted by atomic mass is 19.1. The van der Waals surface area contributed by atoms with Crippen LogP contribution in [0.1, 0.15) is 67.7 Å². The van der Waals surface area contributed by atoms with Crippen LogP contribution in [0.15, 0.2) is 23.8 Å². The van der Waals surface area contributed by atoms with E-state index < -0.39 is 87.8 Å². The predicted molar refractivity (Wildman–Crippen MR) is 137 cm³/mol. The summed E-state index contributed by atoms with van der Waals surface area (Å²) in [5, 5.41) is 20.7. The largest absolute Gasteiger partial charge is 0.447 e. The Morgan fingerprint density at radius 3 is 2.49 bits per heavy atom. The number of rotatable bonds is 4. The average Bonchev–Trinajstić information content (AvgIpc) is 3.06. The lowest BCUT2D eigenvalue weighted by Gasteiger charge is -2.63. The number of ether oxygens (including phenoxy) is 2. The SMILES string of the molecule is C[C@@H]1C[C@H]2[C@@H]3C[C@H](F)C4=CC(=O)C=C[C@]4(C)[C@@]3(F)[C@@H](O)C[C@]2(C)[C@@]1(OC(=O)[C@H](C)C(C)(C)C)C(=O)OCC#N. The van der Waals surface area contributed by atoms with Crippen molar-refractivity contribution in [3.8, 4) is 6.07 Å². The van der Waals surface area contributed by atoms with E-state index in [4.69, 9.17) is 14.7 Å². The van der Waals surface area contributed by atoms with E-state index in [1.165, 1.54) is 19.1 Å².